The molecule has 0 unspecified atom stereocenters. The van der Waals surface area contributed by atoms with E-state index in [1.165, 1.54) is 52.4 Å². The van der Waals surface area contributed by atoms with Gasteiger partial charge in [-0.25, -0.2) is 13.6 Å². The maximum atomic E-state index is 14.8. The first-order chi connectivity index (χ1) is 47.8. The third-order valence-corrected chi connectivity index (χ3v) is 19.8. The molecule has 0 saturated carbocycles. The van der Waals surface area contributed by atoms with E-state index in [2.05, 4.69) is 32.6 Å². The highest BCUT2D eigenvalue weighted by molar-refractivity contribution is 5.96. The second-order valence-corrected chi connectivity index (χ2v) is 26.4. The predicted molar refractivity (Wildman–Crippen MR) is 366 cm³/mol. The lowest BCUT2D eigenvalue weighted by Gasteiger charge is -2.44. The van der Waals surface area contributed by atoms with E-state index in [0.717, 1.165) is 100 Å². The number of hydrogen-bond acceptors (Lipinski definition) is 11. The van der Waals surface area contributed by atoms with Crippen LogP contribution in [0.25, 0.3) is 11.1 Å². The third kappa shape index (κ3) is 19.5. The molecule has 10 rings (SSSR count). The van der Waals surface area contributed by atoms with Gasteiger partial charge in [0.05, 0.1) is 35.0 Å². The molecule has 3 saturated heterocycles. The minimum atomic E-state index is -5.09. The quantitative estimate of drug-likeness (QED) is 0.0415. The number of halogens is 8. The Morgan fingerprint density at radius 2 is 1.31 bits per heavy atom. The zero-order valence-corrected chi connectivity index (χ0v) is 57.4. The van der Waals surface area contributed by atoms with Crippen molar-refractivity contribution in [2.45, 2.75) is 120 Å². The number of ether oxygens (including phenoxy) is 3. The summed E-state index contributed by atoms with van der Waals surface area (Å²) in [6.45, 7) is 7.98. The molecular formula is C76H90F8N8O8. The highest BCUT2D eigenvalue weighted by Gasteiger charge is 2.50. The summed E-state index contributed by atoms with van der Waals surface area (Å²) in [7, 11) is 6.95. The lowest BCUT2D eigenvalue weighted by atomic mass is 9.72. The van der Waals surface area contributed by atoms with Crippen molar-refractivity contribution in [3.05, 3.63) is 190 Å². The van der Waals surface area contributed by atoms with Crippen LogP contribution in [0.15, 0.2) is 140 Å². The topological polar surface area (TPSA) is 157 Å². The van der Waals surface area contributed by atoms with E-state index in [0.29, 0.717) is 87.5 Å². The van der Waals surface area contributed by atoms with E-state index >= 15 is 0 Å². The number of anilines is 2. The smallest absolute Gasteiger partial charge is 0.416 e. The molecule has 6 aromatic carbocycles. The van der Waals surface area contributed by atoms with Gasteiger partial charge in [0.15, 0.2) is 0 Å². The summed E-state index contributed by atoms with van der Waals surface area (Å²) in [6.07, 6.45) is -2.30. The number of amides is 5. The van der Waals surface area contributed by atoms with E-state index in [1.54, 1.807) is 37.1 Å². The number of carbonyl (C=O) groups excluding carboxylic acids is 5. The predicted octanol–water partition coefficient (Wildman–Crippen LogP) is 14.2. The molecule has 0 aromatic heterocycles. The van der Waals surface area contributed by atoms with Crippen molar-refractivity contribution in [3.8, 4) is 11.1 Å². The standard InChI is InChI=1S/C42H57FN6O5.C34H33F7N2O3/c1-5-39(50)46(2)25-14-26-48(4)41(52)36-21-20-33(31-37(36)43)44-24-13-7-10-19-40(51)47(3)29-30-49-27-22-34(23-28-49)54-42(53)45-38-18-12-11-17-35(38)32-15-8-6-9-16-32;1-45-29-18-22-4-2-3-5-28(22)31(29)10-13-42(14-11-31)15-12-32(24-6-8-27(35)9-7-24)20-43(21-46-32)30(44)23-16-25(33(36,37)38)19-26(17-23)34(39,40)41/h6,8-9,11-12,15-18,20-21,31,34,44H,5,7,10,13-14,19,22-30H2,1-4H3,(H,45,53);2-9,16-17,19,29H,10-15,18,20-21H2,1H3/t;29-,32-/m.0/s1. The lowest BCUT2D eigenvalue weighted by molar-refractivity contribution is -0.143. The minimum Gasteiger partial charge on any atom is -0.446 e. The largest absolute Gasteiger partial charge is 0.446 e. The van der Waals surface area contributed by atoms with Gasteiger partial charge in [-0.2, -0.15) is 26.3 Å². The first kappa shape index (κ1) is 75.7. The molecule has 100 heavy (non-hydrogen) atoms. The molecule has 538 valence electrons. The summed E-state index contributed by atoms with van der Waals surface area (Å²) in [5.41, 5.74) is 1.34. The highest BCUT2D eigenvalue weighted by Crippen LogP contribution is 2.48. The molecule has 6 aromatic rings. The van der Waals surface area contributed by atoms with Crippen molar-refractivity contribution in [2.24, 2.45) is 0 Å². The number of methoxy groups -OCH3 is 1. The fraction of sp³-hybridized carbons (Fsp3) is 0.461. The average molecular weight is 1400 g/mol. The normalized spacial score (nSPS) is 17.8. The van der Waals surface area contributed by atoms with Crippen molar-refractivity contribution in [3.63, 3.8) is 0 Å². The highest BCUT2D eigenvalue weighted by atomic mass is 19.4. The van der Waals surface area contributed by atoms with Crippen molar-refractivity contribution in [2.75, 3.05) is 118 Å². The van der Waals surface area contributed by atoms with Crippen LogP contribution in [0.2, 0.25) is 0 Å². The molecule has 2 atom stereocenters. The van der Waals surface area contributed by atoms with Crippen LogP contribution in [0.3, 0.4) is 0 Å². The minimum absolute atomic E-state index is 0.0121. The summed E-state index contributed by atoms with van der Waals surface area (Å²) in [5.74, 6) is -2.32. The molecule has 0 bridgehead atoms. The molecule has 0 radical (unpaired) electrons. The van der Waals surface area contributed by atoms with Gasteiger partial charge in [-0.1, -0.05) is 98.3 Å². The van der Waals surface area contributed by atoms with Gasteiger partial charge in [0.25, 0.3) is 11.8 Å². The summed E-state index contributed by atoms with van der Waals surface area (Å²) in [4.78, 5) is 74.0. The van der Waals surface area contributed by atoms with Gasteiger partial charge in [-0.3, -0.25) is 24.5 Å². The van der Waals surface area contributed by atoms with Gasteiger partial charge in [0.1, 0.15) is 30.1 Å². The first-order valence-electron chi connectivity index (χ1n) is 34.2. The lowest BCUT2D eigenvalue weighted by Crippen LogP contribution is -2.49. The Morgan fingerprint density at radius 1 is 0.670 bits per heavy atom. The molecule has 1 spiro atoms. The van der Waals surface area contributed by atoms with Gasteiger partial charge in [0.2, 0.25) is 11.8 Å². The Kier molecular flexibility index (Phi) is 26.0. The number of nitrogens with one attached hydrogen (secondary N) is 2. The van der Waals surface area contributed by atoms with Gasteiger partial charge < -0.3 is 48.9 Å². The Hall–Kier alpha value is -8.45. The molecule has 2 N–H and O–H groups in total. The second kappa shape index (κ2) is 34.3. The van der Waals surface area contributed by atoms with Gasteiger partial charge in [-0.05, 0) is 148 Å². The van der Waals surface area contributed by atoms with Crippen LogP contribution >= 0.6 is 0 Å². The number of carbonyl (C=O) groups is 5. The van der Waals surface area contributed by atoms with Crippen molar-refractivity contribution in [1.29, 1.82) is 0 Å². The molecule has 5 amide bonds. The Morgan fingerprint density at radius 3 is 1.98 bits per heavy atom. The number of hydrogen-bond donors (Lipinski definition) is 2. The van der Waals surface area contributed by atoms with E-state index in [4.69, 9.17) is 14.2 Å². The number of alkyl halides is 6. The van der Waals surface area contributed by atoms with Crippen LogP contribution in [-0.2, 0) is 53.6 Å². The van der Waals surface area contributed by atoms with Gasteiger partial charge in [0, 0.05) is 116 Å². The number of para-hydroxylation sites is 1. The zero-order valence-electron chi connectivity index (χ0n) is 57.4. The second-order valence-electron chi connectivity index (χ2n) is 26.4. The van der Waals surface area contributed by atoms with Crippen LogP contribution in [0.4, 0.5) is 51.3 Å². The maximum Gasteiger partial charge on any atom is 0.416 e. The maximum absolute atomic E-state index is 14.8. The Balaban J connectivity index is 0.000000236. The Bertz CT molecular complexity index is 3700. The van der Waals surface area contributed by atoms with Crippen LogP contribution in [0, 0.1) is 11.6 Å². The monoisotopic (exact) mass is 1390 g/mol. The summed E-state index contributed by atoms with van der Waals surface area (Å²) < 4.78 is 127. The third-order valence-electron chi connectivity index (χ3n) is 19.8. The van der Waals surface area contributed by atoms with E-state index in [1.807, 2.05) is 80.7 Å². The van der Waals surface area contributed by atoms with Crippen LogP contribution in [0.5, 0.6) is 0 Å². The molecule has 3 aliphatic heterocycles. The number of benzene rings is 6. The SMILES string of the molecule is CCC(=O)N(C)CCCN(C)C(=O)c1ccc(NCCCCCC(=O)N(C)CCN2CCC(OC(=O)Nc3ccccc3-c3ccccc3)CC2)cc1F.CO[C@H]1Cc2ccccc2C12CCN(CC[C@@]1(c3ccc(F)cc3)CN(C(=O)c3cc(C(F)(F)F)cc(C(F)(F)F)c3)CO1)CC2. The first-order valence-corrected chi connectivity index (χ1v) is 34.2. The molecular weight excluding hydrogens is 1300 g/mol. The van der Waals surface area contributed by atoms with E-state index < -0.39 is 64.2 Å². The van der Waals surface area contributed by atoms with Crippen LogP contribution in [-0.4, -0.2) is 178 Å². The number of rotatable bonds is 25. The zero-order chi connectivity index (χ0) is 71.8. The molecule has 4 aliphatic rings. The molecule has 3 fully saturated rings. The van der Waals surface area contributed by atoms with Crippen molar-refractivity contribution < 1.29 is 73.3 Å². The molecule has 16 nitrogen and oxygen atoms in total. The summed E-state index contributed by atoms with van der Waals surface area (Å²) in [6, 6.07) is 36.9. The van der Waals surface area contributed by atoms with Crippen LogP contribution in [0.1, 0.15) is 126 Å². The molecule has 1 aliphatic carbocycles. The van der Waals surface area contributed by atoms with Crippen molar-refractivity contribution >= 4 is 41.1 Å². The molecule has 3 heterocycles. The fourth-order valence-corrected chi connectivity index (χ4v) is 13.8. The fourth-order valence-electron chi connectivity index (χ4n) is 13.8. The number of nitrogens with zero attached hydrogens (tertiary/aromatic N) is 6. The van der Waals surface area contributed by atoms with Crippen LogP contribution < -0.4 is 10.6 Å². The number of piperidine rings is 2. The van der Waals surface area contributed by atoms with Gasteiger partial charge in [-0.15, -0.1) is 0 Å². The van der Waals surface area contributed by atoms with E-state index in [9.17, 15) is 59.1 Å². The van der Waals surface area contributed by atoms with E-state index in [-0.39, 0.29) is 54.3 Å². The summed E-state index contributed by atoms with van der Waals surface area (Å²) in [5, 5.41) is 6.13. The number of likely N-dealkylation sites (N-methyl/N-ethyl adjacent to an activating group) is 1. The Labute approximate surface area is 579 Å². The van der Waals surface area contributed by atoms with Crippen molar-refractivity contribution in [1.82, 2.24) is 29.4 Å². The number of fused-ring (bicyclic) bond motifs is 2. The van der Waals surface area contributed by atoms with Gasteiger partial charge >= 0.3 is 18.4 Å². The number of likely N-dealkylation sites (tertiary alicyclic amines) is 2. The number of unbranched alkanes of at least 4 members (excludes halogenated alkanes) is 2. The average Bonchev–Trinajstić information content (AvgIpc) is 1.59. The molecule has 24 heteroatoms. The summed E-state index contributed by atoms with van der Waals surface area (Å²) >= 11 is 0.